The average molecular weight is 436 g/mol. The molecule has 0 bridgehead atoms. The van der Waals surface area contributed by atoms with Crippen LogP contribution in [0.2, 0.25) is 0 Å². The number of anilines is 1. The number of fused-ring (bicyclic) bond motifs is 1. The summed E-state index contributed by atoms with van der Waals surface area (Å²) in [5, 5.41) is 10.3. The Kier molecular flexibility index (Phi) is 5.52. The Hall–Kier alpha value is -2.85. The van der Waals surface area contributed by atoms with E-state index in [1.807, 2.05) is 19.0 Å². The number of aromatic hydroxyl groups is 1. The fourth-order valence-corrected chi connectivity index (χ4v) is 3.81. The molecule has 3 aromatic rings. The first-order valence-electron chi connectivity index (χ1n) is 9.81. The van der Waals surface area contributed by atoms with E-state index in [0.717, 1.165) is 12.6 Å². The highest BCUT2D eigenvalue weighted by atomic mass is 19.4. The van der Waals surface area contributed by atoms with Gasteiger partial charge in [0, 0.05) is 18.7 Å². The number of hydrogen-bond acceptors (Lipinski definition) is 7. The summed E-state index contributed by atoms with van der Waals surface area (Å²) in [4.78, 5) is 13.0. The number of alkyl halides is 3. The lowest BCUT2D eigenvalue weighted by molar-refractivity contribution is -0.137. The molecule has 3 heterocycles. The molecule has 10 heteroatoms. The quantitative estimate of drug-likeness (QED) is 0.669. The van der Waals surface area contributed by atoms with E-state index in [-0.39, 0.29) is 17.2 Å². The van der Waals surface area contributed by atoms with Crippen LogP contribution >= 0.6 is 0 Å². The van der Waals surface area contributed by atoms with E-state index in [4.69, 9.17) is 9.15 Å². The van der Waals surface area contributed by atoms with Gasteiger partial charge in [-0.15, -0.1) is 0 Å². The maximum absolute atomic E-state index is 13.0. The van der Waals surface area contributed by atoms with Crippen molar-refractivity contribution >= 4 is 17.2 Å². The highest BCUT2D eigenvalue weighted by Gasteiger charge is 2.32. The first kappa shape index (κ1) is 21.4. The number of aromatic nitrogens is 2. The molecule has 0 saturated carbocycles. The maximum Gasteiger partial charge on any atom is 0.416 e. The van der Waals surface area contributed by atoms with Crippen molar-refractivity contribution < 1.29 is 27.4 Å². The molecule has 7 nitrogen and oxygen atoms in total. The van der Waals surface area contributed by atoms with Gasteiger partial charge in [0.25, 0.3) is 6.01 Å². The minimum atomic E-state index is -4.54. The molecular weight excluding hydrogens is 413 g/mol. The number of likely N-dealkylation sites (N-methyl/N-ethyl adjacent to an activating group) is 1. The van der Waals surface area contributed by atoms with Gasteiger partial charge in [-0.25, -0.2) is 4.98 Å². The number of rotatable bonds is 4. The Morgan fingerprint density at radius 3 is 2.68 bits per heavy atom. The lowest BCUT2D eigenvalue weighted by atomic mass is 10.0. The number of oxazole rings is 1. The lowest BCUT2D eigenvalue weighted by Gasteiger charge is -2.35. The molecule has 0 amide bonds. The smallest absolute Gasteiger partial charge is 0.416 e. The zero-order valence-corrected chi connectivity index (χ0v) is 17.4. The van der Waals surface area contributed by atoms with E-state index in [0.29, 0.717) is 48.8 Å². The number of morpholine rings is 1. The van der Waals surface area contributed by atoms with Gasteiger partial charge in [-0.2, -0.15) is 18.2 Å². The van der Waals surface area contributed by atoms with Gasteiger partial charge < -0.3 is 24.1 Å². The molecule has 1 aliphatic heterocycles. The molecule has 1 N–H and O–H groups in total. The zero-order chi connectivity index (χ0) is 22.3. The minimum Gasteiger partial charge on any atom is -0.507 e. The van der Waals surface area contributed by atoms with E-state index < -0.39 is 17.5 Å². The lowest BCUT2D eigenvalue weighted by Crippen LogP contribution is -2.50. The molecule has 1 unspecified atom stereocenters. The van der Waals surface area contributed by atoms with E-state index in [1.165, 1.54) is 6.92 Å². The number of phenols is 1. The number of benzene rings is 1. The van der Waals surface area contributed by atoms with Crippen LogP contribution in [0.3, 0.4) is 0 Å². The van der Waals surface area contributed by atoms with E-state index in [9.17, 15) is 18.3 Å². The molecule has 0 radical (unpaired) electrons. The Balaban J connectivity index is 1.70. The predicted octanol–water partition coefficient (Wildman–Crippen LogP) is 3.69. The molecular formula is C21H23F3N4O3. The van der Waals surface area contributed by atoms with Crippen LogP contribution in [0.25, 0.3) is 22.5 Å². The topological polar surface area (TPSA) is 74.9 Å². The molecule has 1 aliphatic rings. The van der Waals surface area contributed by atoms with E-state index >= 15 is 0 Å². The number of nitrogens with zero attached hydrogens (tertiary/aromatic N) is 4. The van der Waals surface area contributed by atoms with Crippen molar-refractivity contribution in [1.82, 2.24) is 14.9 Å². The molecule has 166 valence electrons. The molecule has 0 spiro atoms. The van der Waals surface area contributed by atoms with Gasteiger partial charge in [-0.3, -0.25) is 0 Å². The zero-order valence-electron chi connectivity index (χ0n) is 17.4. The van der Waals surface area contributed by atoms with Crippen LogP contribution in [0.4, 0.5) is 19.2 Å². The van der Waals surface area contributed by atoms with Crippen molar-refractivity contribution in [1.29, 1.82) is 0 Å². The number of hydrogen-bond donors (Lipinski definition) is 1. The van der Waals surface area contributed by atoms with Crippen molar-refractivity contribution in [3.63, 3.8) is 0 Å². The number of pyridine rings is 1. The van der Waals surface area contributed by atoms with Crippen LogP contribution in [0, 0.1) is 6.92 Å². The molecule has 1 aromatic carbocycles. The van der Waals surface area contributed by atoms with Crippen molar-refractivity contribution in [2.45, 2.75) is 19.1 Å². The van der Waals surface area contributed by atoms with Crippen LogP contribution < -0.4 is 4.90 Å². The third-order valence-electron chi connectivity index (χ3n) is 5.19. The Labute approximate surface area is 177 Å². The first-order chi connectivity index (χ1) is 14.6. The fraction of sp³-hybridized carbons (Fsp3) is 0.429. The number of halogens is 3. The Morgan fingerprint density at radius 2 is 2.00 bits per heavy atom. The van der Waals surface area contributed by atoms with Gasteiger partial charge >= 0.3 is 6.18 Å². The summed E-state index contributed by atoms with van der Waals surface area (Å²) in [6, 6.07) is 5.45. The Bertz CT molecular complexity index is 1070. The minimum absolute atomic E-state index is 0.0671. The van der Waals surface area contributed by atoms with Gasteiger partial charge in [0.15, 0.2) is 5.58 Å². The predicted molar refractivity (Wildman–Crippen MR) is 109 cm³/mol. The van der Waals surface area contributed by atoms with Gasteiger partial charge in [0.2, 0.25) is 5.65 Å². The third kappa shape index (κ3) is 4.31. The Morgan fingerprint density at radius 1 is 1.23 bits per heavy atom. The van der Waals surface area contributed by atoms with Gasteiger partial charge in [-0.1, -0.05) is 0 Å². The molecule has 1 saturated heterocycles. The number of ether oxygens (including phenoxy) is 1. The van der Waals surface area contributed by atoms with Gasteiger partial charge in [-0.05, 0) is 50.8 Å². The van der Waals surface area contributed by atoms with E-state index in [2.05, 4.69) is 14.9 Å². The summed E-state index contributed by atoms with van der Waals surface area (Å²) in [6.07, 6.45) is -4.54. The fourth-order valence-electron chi connectivity index (χ4n) is 3.81. The monoisotopic (exact) mass is 436 g/mol. The second-order valence-corrected chi connectivity index (χ2v) is 7.88. The summed E-state index contributed by atoms with van der Waals surface area (Å²) >= 11 is 0. The summed E-state index contributed by atoms with van der Waals surface area (Å²) in [7, 11) is 3.96. The SMILES string of the molecule is Cc1cc(C(F)(F)F)cc(O)c1-c1ccc2oc(N3CCOCC3CN(C)C)nc2n1. The van der Waals surface area contributed by atoms with Crippen molar-refractivity contribution in [3.05, 3.63) is 35.4 Å². The van der Waals surface area contributed by atoms with Crippen LogP contribution in [-0.4, -0.2) is 66.4 Å². The van der Waals surface area contributed by atoms with Crippen LogP contribution in [0.5, 0.6) is 5.75 Å². The van der Waals surface area contributed by atoms with Crippen molar-refractivity contribution in [2.24, 2.45) is 0 Å². The van der Waals surface area contributed by atoms with Gasteiger partial charge in [0.05, 0.1) is 30.5 Å². The summed E-state index contributed by atoms with van der Waals surface area (Å²) in [5.74, 6) is -0.484. The highest BCUT2D eigenvalue weighted by Crippen LogP contribution is 2.39. The largest absolute Gasteiger partial charge is 0.507 e. The molecule has 31 heavy (non-hydrogen) atoms. The number of aryl methyl sites for hydroxylation is 1. The molecule has 0 aliphatic carbocycles. The standard InChI is InChI=1S/C21H23F3N4O3/c1-12-8-13(21(22,23)24)9-16(29)18(12)15-4-5-17-19(25-15)26-20(31-17)28-6-7-30-11-14(28)10-27(2)3/h4-5,8-9,14,29H,6-7,10-11H2,1-3H3. The molecule has 1 fully saturated rings. The van der Waals surface area contributed by atoms with E-state index in [1.54, 1.807) is 12.1 Å². The second kappa shape index (κ2) is 8.01. The van der Waals surface area contributed by atoms with Gasteiger partial charge in [0.1, 0.15) is 5.75 Å². The summed E-state index contributed by atoms with van der Waals surface area (Å²) < 4.78 is 50.5. The normalized spacial score (nSPS) is 17.6. The van der Waals surface area contributed by atoms with Crippen molar-refractivity contribution in [3.8, 4) is 17.0 Å². The highest BCUT2D eigenvalue weighted by molar-refractivity contribution is 5.78. The van der Waals surface area contributed by atoms with Crippen LogP contribution in [-0.2, 0) is 10.9 Å². The molecule has 1 atom stereocenters. The third-order valence-corrected chi connectivity index (χ3v) is 5.19. The molecule has 4 rings (SSSR count). The summed E-state index contributed by atoms with van der Waals surface area (Å²) in [6.45, 7) is 3.99. The number of phenolic OH excluding ortho intramolecular Hbond substituents is 1. The average Bonchev–Trinajstić information content (AvgIpc) is 3.10. The second-order valence-electron chi connectivity index (χ2n) is 7.88. The van der Waals surface area contributed by atoms with Crippen molar-refractivity contribution in [2.75, 3.05) is 45.3 Å². The summed E-state index contributed by atoms with van der Waals surface area (Å²) in [5.41, 5.74) is 0.691. The van der Waals surface area contributed by atoms with Crippen LogP contribution in [0.15, 0.2) is 28.7 Å². The molecule has 2 aromatic heterocycles. The maximum atomic E-state index is 13.0. The first-order valence-corrected chi connectivity index (χ1v) is 9.81. The van der Waals surface area contributed by atoms with Crippen LogP contribution in [0.1, 0.15) is 11.1 Å².